The van der Waals surface area contributed by atoms with Gasteiger partial charge in [-0.2, -0.15) is 0 Å². The fourth-order valence-corrected chi connectivity index (χ4v) is 1.79. The molecule has 106 valence electrons. The Balaban J connectivity index is 2.43. The van der Waals surface area contributed by atoms with Crippen molar-refractivity contribution in [3.63, 3.8) is 0 Å². The first-order valence-electron chi connectivity index (χ1n) is 6.91. The van der Waals surface area contributed by atoms with E-state index in [0.29, 0.717) is 0 Å². The summed E-state index contributed by atoms with van der Waals surface area (Å²) in [5.41, 5.74) is 1.21. The first-order chi connectivity index (χ1) is 9.21. The van der Waals surface area contributed by atoms with Gasteiger partial charge in [0.15, 0.2) is 6.61 Å². The Morgan fingerprint density at radius 1 is 1.16 bits per heavy atom. The molecule has 0 saturated carbocycles. The maximum atomic E-state index is 11.8. The van der Waals surface area contributed by atoms with Crippen LogP contribution in [0.2, 0.25) is 0 Å². The van der Waals surface area contributed by atoms with Crippen molar-refractivity contribution in [2.45, 2.75) is 27.3 Å². The molecular formula is C15H24N2O2. The molecule has 1 rings (SSSR count). The minimum atomic E-state index is 0.0294. The number of ether oxygens (including phenoxy) is 1. The van der Waals surface area contributed by atoms with Crippen LogP contribution in [0.4, 0.5) is 0 Å². The molecule has 0 radical (unpaired) electrons. The highest BCUT2D eigenvalue weighted by Crippen LogP contribution is 2.12. The van der Waals surface area contributed by atoms with Gasteiger partial charge in [0.05, 0.1) is 0 Å². The second-order valence-electron chi connectivity index (χ2n) is 4.28. The van der Waals surface area contributed by atoms with Crippen LogP contribution in [-0.2, 0) is 11.3 Å². The van der Waals surface area contributed by atoms with E-state index >= 15 is 0 Å². The molecule has 0 spiro atoms. The summed E-state index contributed by atoms with van der Waals surface area (Å²) in [5, 5.41) is 3.26. The van der Waals surface area contributed by atoms with Crippen molar-refractivity contribution in [1.82, 2.24) is 10.2 Å². The minimum Gasteiger partial charge on any atom is -0.484 e. The van der Waals surface area contributed by atoms with Crippen LogP contribution < -0.4 is 10.1 Å². The lowest BCUT2D eigenvalue weighted by Gasteiger charge is -2.18. The average Bonchev–Trinajstić information content (AvgIpc) is 2.45. The van der Waals surface area contributed by atoms with Crippen molar-refractivity contribution < 1.29 is 9.53 Å². The zero-order valence-corrected chi connectivity index (χ0v) is 12.1. The summed E-state index contributed by atoms with van der Waals surface area (Å²) in [6.45, 7) is 9.38. The largest absolute Gasteiger partial charge is 0.484 e. The standard InChI is InChI=1S/C15H24N2O2/c1-4-16-11-13-7-9-14(10-8-13)19-12-15(18)17(5-2)6-3/h7-10,16H,4-6,11-12H2,1-3H3. The Kier molecular flexibility index (Phi) is 6.97. The first-order valence-corrected chi connectivity index (χ1v) is 6.91. The third-order valence-corrected chi connectivity index (χ3v) is 2.98. The molecule has 0 atom stereocenters. The molecule has 0 aliphatic heterocycles. The van der Waals surface area contributed by atoms with Crippen molar-refractivity contribution in [2.75, 3.05) is 26.2 Å². The highest BCUT2D eigenvalue weighted by molar-refractivity contribution is 5.77. The van der Waals surface area contributed by atoms with Crippen molar-refractivity contribution in [2.24, 2.45) is 0 Å². The van der Waals surface area contributed by atoms with Crippen molar-refractivity contribution >= 4 is 5.91 Å². The zero-order valence-electron chi connectivity index (χ0n) is 12.1. The number of benzene rings is 1. The van der Waals surface area contributed by atoms with E-state index in [9.17, 15) is 4.79 Å². The van der Waals surface area contributed by atoms with Crippen molar-refractivity contribution in [1.29, 1.82) is 0 Å². The fraction of sp³-hybridized carbons (Fsp3) is 0.533. The molecule has 1 amide bonds. The van der Waals surface area contributed by atoms with E-state index in [0.717, 1.165) is 31.9 Å². The van der Waals surface area contributed by atoms with E-state index < -0.39 is 0 Å². The molecule has 0 bridgehead atoms. The number of hydrogen-bond donors (Lipinski definition) is 1. The second-order valence-corrected chi connectivity index (χ2v) is 4.28. The number of amides is 1. The Morgan fingerprint density at radius 2 is 1.79 bits per heavy atom. The number of rotatable bonds is 8. The maximum Gasteiger partial charge on any atom is 0.260 e. The SMILES string of the molecule is CCNCc1ccc(OCC(=O)N(CC)CC)cc1. The number of nitrogens with one attached hydrogen (secondary N) is 1. The summed E-state index contributed by atoms with van der Waals surface area (Å²) in [6.07, 6.45) is 0. The highest BCUT2D eigenvalue weighted by Gasteiger charge is 2.09. The molecule has 1 aromatic carbocycles. The van der Waals surface area contributed by atoms with Gasteiger partial charge in [-0.3, -0.25) is 4.79 Å². The van der Waals surface area contributed by atoms with E-state index in [2.05, 4.69) is 12.2 Å². The quantitative estimate of drug-likeness (QED) is 0.781. The Morgan fingerprint density at radius 3 is 2.32 bits per heavy atom. The van der Waals surface area contributed by atoms with Gasteiger partial charge in [0.1, 0.15) is 5.75 Å². The van der Waals surface area contributed by atoms with E-state index in [-0.39, 0.29) is 12.5 Å². The molecule has 19 heavy (non-hydrogen) atoms. The lowest BCUT2D eigenvalue weighted by Crippen LogP contribution is -2.34. The van der Waals surface area contributed by atoms with Crippen molar-refractivity contribution in [3.8, 4) is 5.75 Å². The van der Waals surface area contributed by atoms with E-state index in [4.69, 9.17) is 4.74 Å². The number of carbonyl (C=O) groups is 1. The third-order valence-electron chi connectivity index (χ3n) is 2.98. The van der Waals surface area contributed by atoms with Gasteiger partial charge in [-0.25, -0.2) is 0 Å². The molecule has 0 heterocycles. The van der Waals surface area contributed by atoms with Crippen LogP contribution >= 0.6 is 0 Å². The molecule has 0 saturated heterocycles. The van der Waals surface area contributed by atoms with Crippen LogP contribution in [0.5, 0.6) is 5.75 Å². The van der Waals surface area contributed by atoms with Crippen LogP contribution in [0.25, 0.3) is 0 Å². The third kappa shape index (κ3) is 5.30. The minimum absolute atomic E-state index is 0.0294. The monoisotopic (exact) mass is 264 g/mol. The number of hydrogen-bond acceptors (Lipinski definition) is 3. The van der Waals surface area contributed by atoms with Gasteiger partial charge in [0.2, 0.25) is 0 Å². The Labute approximate surface area is 115 Å². The summed E-state index contributed by atoms with van der Waals surface area (Å²) in [5.74, 6) is 0.766. The molecular weight excluding hydrogens is 240 g/mol. The number of likely N-dealkylation sites (N-methyl/N-ethyl adjacent to an activating group) is 1. The van der Waals surface area contributed by atoms with Gasteiger partial charge >= 0.3 is 0 Å². The normalized spacial score (nSPS) is 10.3. The summed E-state index contributed by atoms with van der Waals surface area (Å²) in [4.78, 5) is 13.5. The molecule has 0 aromatic heterocycles. The summed E-state index contributed by atoms with van der Waals surface area (Å²) in [6, 6.07) is 7.84. The van der Waals surface area contributed by atoms with Crippen molar-refractivity contribution in [3.05, 3.63) is 29.8 Å². The van der Waals surface area contributed by atoms with Crippen LogP contribution in [0.15, 0.2) is 24.3 Å². The molecule has 4 nitrogen and oxygen atoms in total. The summed E-state index contributed by atoms with van der Waals surface area (Å²) < 4.78 is 5.50. The second kappa shape index (κ2) is 8.53. The summed E-state index contributed by atoms with van der Waals surface area (Å²) in [7, 11) is 0. The predicted molar refractivity (Wildman–Crippen MR) is 77.2 cm³/mol. The summed E-state index contributed by atoms with van der Waals surface area (Å²) >= 11 is 0. The Bertz CT molecular complexity index is 372. The number of nitrogens with zero attached hydrogens (tertiary/aromatic N) is 1. The lowest BCUT2D eigenvalue weighted by atomic mass is 10.2. The van der Waals surface area contributed by atoms with E-state index in [1.807, 2.05) is 38.1 Å². The fourth-order valence-electron chi connectivity index (χ4n) is 1.79. The van der Waals surface area contributed by atoms with Crippen LogP contribution in [0, 0.1) is 0 Å². The predicted octanol–water partition coefficient (Wildman–Crippen LogP) is 2.04. The van der Waals surface area contributed by atoms with Gasteiger partial charge in [-0.15, -0.1) is 0 Å². The molecule has 0 unspecified atom stereocenters. The number of carbonyl (C=O) groups excluding carboxylic acids is 1. The molecule has 4 heteroatoms. The Hall–Kier alpha value is -1.55. The average molecular weight is 264 g/mol. The molecule has 0 aliphatic rings. The van der Waals surface area contributed by atoms with Gasteiger partial charge in [0.25, 0.3) is 5.91 Å². The van der Waals surface area contributed by atoms with Crippen LogP contribution in [0.1, 0.15) is 26.3 Å². The molecule has 1 aromatic rings. The molecule has 0 aliphatic carbocycles. The first kappa shape index (κ1) is 15.5. The lowest BCUT2D eigenvalue weighted by molar-refractivity contribution is -0.132. The van der Waals surface area contributed by atoms with E-state index in [1.165, 1.54) is 5.56 Å². The van der Waals surface area contributed by atoms with Gasteiger partial charge in [-0.1, -0.05) is 19.1 Å². The smallest absolute Gasteiger partial charge is 0.260 e. The van der Waals surface area contributed by atoms with Crippen LogP contribution in [-0.4, -0.2) is 37.0 Å². The van der Waals surface area contributed by atoms with Crippen LogP contribution in [0.3, 0.4) is 0 Å². The van der Waals surface area contributed by atoms with Gasteiger partial charge < -0.3 is 15.0 Å². The van der Waals surface area contributed by atoms with Gasteiger partial charge in [0, 0.05) is 19.6 Å². The molecule has 0 fully saturated rings. The zero-order chi connectivity index (χ0) is 14.1. The molecule has 1 N–H and O–H groups in total. The highest BCUT2D eigenvalue weighted by atomic mass is 16.5. The topological polar surface area (TPSA) is 41.6 Å². The van der Waals surface area contributed by atoms with Gasteiger partial charge in [-0.05, 0) is 38.1 Å². The van der Waals surface area contributed by atoms with E-state index in [1.54, 1.807) is 4.90 Å². The maximum absolute atomic E-state index is 11.8.